The molecule has 1 rings (SSSR count). The third-order valence-electron chi connectivity index (χ3n) is 3.13. The van der Waals surface area contributed by atoms with Crippen LogP contribution in [0.4, 0.5) is 0 Å². The number of hydrogen-bond donors (Lipinski definition) is 1. The predicted molar refractivity (Wildman–Crippen MR) is 68.2 cm³/mol. The topological polar surface area (TPSA) is 46.5 Å². The van der Waals surface area contributed by atoms with Crippen LogP contribution >= 0.6 is 11.6 Å². The first kappa shape index (κ1) is 13.8. The Morgan fingerprint density at radius 2 is 1.82 bits per heavy atom. The molecular formula is C13H17ClO3. The number of carboxylic acid groups (broad SMARTS) is 1. The fourth-order valence-electron chi connectivity index (χ4n) is 1.99. The SMILES string of the molecule is COc1c(C)c(C)c(CCC(=O)O)c(C)c1Cl. The predicted octanol–water partition coefficient (Wildman–Crippen LogP) is 3.29. The number of halogens is 1. The molecule has 0 saturated carbocycles. The number of aliphatic carboxylic acids is 1. The van der Waals surface area contributed by atoms with Gasteiger partial charge in [0.15, 0.2) is 0 Å². The molecule has 1 aromatic rings. The standard InChI is InChI=1S/C13H17ClO3/c1-7-8(2)13(17-4)12(14)9(3)10(7)5-6-11(15)16/h5-6H2,1-4H3,(H,15,16). The Bertz CT molecular complexity index is 423. The van der Waals surface area contributed by atoms with Gasteiger partial charge in [-0.3, -0.25) is 4.79 Å². The Hall–Kier alpha value is -1.22. The van der Waals surface area contributed by atoms with Crippen molar-refractivity contribution in [2.75, 3.05) is 7.11 Å². The van der Waals surface area contributed by atoms with Crippen LogP contribution < -0.4 is 4.74 Å². The van der Waals surface area contributed by atoms with Gasteiger partial charge in [-0.2, -0.15) is 0 Å². The molecule has 0 radical (unpaired) electrons. The van der Waals surface area contributed by atoms with E-state index in [2.05, 4.69) is 0 Å². The van der Waals surface area contributed by atoms with Gasteiger partial charge in [-0.1, -0.05) is 11.6 Å². The van der Waals surface area contributed by atoms with Gasteiger partial charge in [-0.05, 0) is 49.4 Å². The third-order valence-corrected chi connectivity index (χ3v) is 3.59. The molecule has 0 aliphatic heterocycles. The Morgan fingerprint density at radius 1 is 1.24 bits per heavy atom. The van der Waals surface area contributed by atoms with Crippen molar-refractivity contribution in [2.24, 2.45) is 0 Å². The molecule has 1 N–H and O–H groups in total. The summed E-state index contributed by atoms with van der Waals surface area (Å²) in [5.74, 6) is -0.117. The second-order valence-electron chi connectivity index (χ2n) is 4.09. The highest BCUT2D eigenvalue weighted by Crippen LogP contribution is 2.37. The molecule has 0 aliphatic carbocycles. The van der Waals surface area contributed by atoms with Gasteiger partial charge in [0.2, 0.25) is 0 Å². The van der Waals surface area contributed by atoms with Crippen LogP contribution in [0.25, 0.3) is 0 Å². The van der Waals surface area contributed by atoms with E-state index in [1.807, 2.05) is 20.8 Å². The van der Waals surface area contributed by atoms with Crippen LogP contribution in [0.1, 0.15) is 28.7 Å². The highest BCUT2D eigenvalue weighted by molar-refractivity contribution is 6.33. The zero-order valence-corrected chi connectivity index (χ0v) is 11.3. The molecule has 0 atom stereocenters. The zero-order valence-electron chi connectivity index (χ0n) is 10.6. The molecule has 0 aliphatic rings. The van der Waals surface area contributed by atoms with Crippen LogP contribution in [0.15, 0.2) is 0 Å². The summed E-state index contributed by atoms with van der Waals surface area (Å²) in [4.78, 5) is 10.6. The summed E-state index contributed by atoms with van der Waals surface area (Å²) < 4.78 is 5.27. The minimum absolute atomic E-state index is 0.115. The van der Waals surface area contributed by atoms with Gasteiger partial charge < -0.3 is 9.84 Å². The van der Waals surface area contributed by atoms with Crippen LogP contribution in [0, 0.1) is 20.8 Å². The summed E-state index contributed by atoms with van der Waals surface area (Å²) in [6.07, 6.45) is 0.612. The van der Waals surface area contributed by atoms with Crippen LogP contribution in [0.3, 0.4) is 0 Å². The lowest BCUT2D eigenvalue weighted by molar-refractivity contribution is -0.136. The lowest BCUT2D eigenvalue weighted by Gasteiger charge is -2.17. The van der Waals surface area contributed by atoms with E-state index in [0.29, 0.717) is 17.2 Å². The zero-order chi connectivity index (χ0) is 13.2. The fraction of sp³-hybridized carbons (Fsp3) is 0.462. The van der Waals surface area contributed by atoms with Crippen molar-refractivity contribution >= 4 is 17.6 Å². The second-order valence-corrected chi connectivity index (χ2v) is 4.47. The smallest absolute Gasteiger partial charge is 0.303 e. The lowest BCUT2D eigenvalue weighted by atomic mass is 9.94. The molecule has 3 nitrogen and oxygen atoms in total. The van der Waals surface area contributed by atoms with Crippen molar-refractivity contribution in [1.82, 2.24) is 0 Å². The molecule has 4 heteroatoms. The molecule has 0 aromatic heterocycles. The van der Waals surface area contributed by atoms with Gasteiger partial charge in [0, 0.05) is 6.42 Å². The van der Waals surface area contributed by atoms with Crippen molar-refractivity contribution in [3.8, 4) is 5.75 Å². The molecule has 0 amide bonds. The van der Waals surface area contributed by atoms with Crippen LogP contribution in [-0.4, -0.2) is 18.2 Å². The Labute approximate surface area is 106 Å². The highest BCUT2D eigenvalue weighted by Gasteiger charge is 2.16. The summed E-state index contributed by atoms with van der Waals surface area (Å²) in [6, 6.07) is 0. The molecule has 1 aromatic carbocycles. The molecule has 0 unspecified atom stereocenters. The van der Waals surface area contributed by atoms with Crippen LogP contribution in [0.5, 0.6) is 5.75 Å². The van der Waals surface area contributed by atoms with Gasteiger partial charge in [0.05, 0.1) is 12.1 Å². The molecule has 0 heterocycles. The van der Waals surface area contributed by atoms with E-state index >= 15 is 0 Å². The van der Waals surface area contributed by atoms with E-state index in [-0.39, 0.29) is 6.42 Å². The van der Waals surface area contributed by atoms with Gasteiger partial charge in [0.25, 0.3) is 0 Å². The monoisotopic (exact) mass is 256 g/mol. The number of hydrogen-bond acceptors (Lipinski definition) is 2. The number of rotatable bonds is 4. The maximum atomic E-state index is 10.6. The van der Waals surface area contributed by atoms with Gasteiger partial charge in [0.1, 0.15) is 5.75 Å². The maximum absolute atomic E-state index is 10.6. The summed E-state index contributed by atoms with van der Waals surface area (Å²) in [5, 5.41) is 9.32. The molecule has 0 bridgehead atoms. The average Bonchev–Trinajstić information content (AvgIpc) is 2.27. The number of ether oxygens (including phenoxy) is 1. The third kappa shape index (κ3) is 2.72. The van der Waals surface area contributed by atoms with Crippen LogP contribution in [-0.2, 0) is 11.2 Å². The first-order valence-electron chi connectivity index (χ1n) is 5.44. The first-order valence-corrected chi connectivity index (χ1v) is 5.81. The minimum Gasteiger partial charge on any atom is -0.495 e. The second kappa shape index (κ2) is 5.41. The van der Waals surface area contributed by atoms with E-state index in [4.69, 9.17) is 21.4 Å². The maximum Gasteiger partial charge on any atom is 0.303 e. The fourth-order valence-corrected chi connectivity index (χ4v) is 2.33. The number of carbonyl (C=O) groups is 1. The Balaban J connectivity index is 3.27. The summed E-state index contributed by atoms with van der Waals surface area (Å²) in [5.41, 5.74) is 3.96. The van der Waals surface area contributed by atoms with E-state index < -0.39 is 5.97 Å². The molecule has 94 valence electrons. The number of carboxylic acids is 1. The van der Waals surface area contributed by atoms with E-state index in [0.717, 1.165) is 22.3 Å². The molecule has 0 fully saturated rings. The van der Waals surface area contributed by atoms with E-state index in [9.17, 15) is 4.79 Å². The van der Waals surface area contributed by atoms with Crippen molar-refractivity contribution in [3.05, 3.63) is 27.3 Å². The first-order chi connectivity index (χ1) is 7.90. The minimum atomic E-state index is -0.798. The summed E-state index contributed by atoms with van der Waals surface area (Å²) >= 11 is 6.22. The summed E-state index contributed by atoms with van der Waals surface area (Å²) in [6.45, 7) is 5.80. The normalized spacial score (nSPS) is 10.4. The van der Waals surface area contributed by atoms with Crippen LogP contribution in [0.2, 0.25) is 5.02 Å². The van der Waals surface area contributed by atoms with Crippen molar-refractivity contribution in [3.63, 3.8) is 0 Å². The highest BCUT2D eigenvalue weighted by atomic mass is 35.5. The van der Waals surface area contributed by atoms with Crippen molar-refractivity contribution in [1.29, 1.82) is 0 Å². The van der Waals surface area contributed by atoms with E-state index in [1.165, 1.54) is 0 Å². The molecule has 0 saturated heterocycles. The van der Waals surface area contributed by atoms with Crippen molar-refractivity contribution in [2.45, 2.75) is 33.6 Å². The van der Waals surface area contributed by atoms with Gasteiger partial charge in [-0.15, -0.1) is 0 Å². The largest absolute Gasteiger partial charge is 0.495 e. The average molecular weight is 257 g/mol. The molecular weight excluding hydrogens is 240 g/mol. The molecule has 17 heavy (non-hydrogen) atoms. The van der Waals surface area contributed by atoms with Gasteiger partial charge >= 0.3 is 5.97 Å². The Kier molecular flexibility index (Phi) is 4.40. The van der Waals surface area contributed by atoms with Gasteiger partial charge in [-0.25, -0.2) is 0 Å². The summed E-state index contributed by atoms with van der Waals surface area (Å²) in [7, 11) is 1.59. The Morgan fingerprint density at radius 3 is 2.29 bits per heavy atom. The lowest BCUT2D eigenvalue weighted by Crippen LogP contribution is -2.04. The van der Waals surface area contributed by atoms with E-state index in [1.54, 1.807) is 7.11 Å². The molecule has 0 spiro atoms. The van der Waals surface area contributed by atoms with Crippen molar-refractivity contribution < 1.29 is 14.6 Å². The number of methoxy groups -OCH3 is 1. The number of benzene rings is 1. The quantitative estimate of drug-likeness (QED) is 0.899.